The van der Waals surface area contributed by atoms with E-state index >= 15 is 0 Å². The van der Waals surface area contributed by atoms with Crippen LogP contribution in [0.2, 0.25) is 5.31 Å². The van der Waals surface area contributed by atoms with Gasteiger partial charge in [-0.2, -0.15) is 0 Å². The van der Waals surface area contributed by atoms with Gasteiger partial charge in [-0.3, -0.25) is 4.79 Å². The second-order valence-corrected chi connectivity index (χ2v) is 6.36. The highest BCUT2D eigenvalue weighted by Gasteiger charge is 2.31. The molecule has 0 saturated heterocycles. The number of unbranched alkanes of at least 4 members (excludes halogenated alkanes) is 1. The Bertz CT molecular complexity index is 267. The number of aliphatic carboxylic acids is 1. The maximum absolute atomic E-state index is 11.4. The van der Waals surface area contributed by atoms with Crippen LogP contribution in [0.5, 0.6) is 0 Å². The second kappa shape index (κ2) is 8.62. The van der Waals surface area contributed by atoms with Crippen molar-refractivity contribution in [2.24, 2.45) is 0 Å². The van der Waals surface area contributed by atoms with E-state index < -0.39 is 11.3 Å². The van der Waals surface area contributed by atoms with Gasteiger partial charge < -0.3 is 10.4 Å². The summed E-state index contributed by atoms with van der Waals surface area (Å²) in [6, 6.07) is 0.681. The van der Waals surface area contributed by atoms with Crippen LogP contribution < -0.4 is 5.32 Å². The van der Waals surface area contributed by atoms with Crippen LogP contribution in [-0.2, 0) is 4.79 Å². The molecule has 110 valence electrons. The summed E-state index contributed by atoms with van der Waals surface area (Å²) in [5.41, 5.74) is 0. The predicted octanol–water partition coefficient (Wildman–Crippen LogP) is 2.76. The second-order valence-electron chi connectivity index (χ2n) is 6.36. The molecule has 1 saturated carbocycles. The number of carbonyl (C=O) groups is 1. The SMILES string of the molecule is BC(CCCC)(CCCNC1CCCCC1)C(=O)O. The average Bonchev–Trinajstić information content (AvgIpc) is 2.42. The van der Waals surface area contributed by atoms with E-state index in [4.69, 9.17) is 0 Å². The molecule has 1 unspecified atom stereocenters. The molecule has 3 nitrogen and oxygen atoms in total. The number of nitrogens with one attached hydrogen (secondary N) is 1. The topological polar surface area (TPSA) is 49.3 Å². The third kappa shape index (κ3) is 5.98. The molecule has 2 N–H and O–H groups in total. The highest BCUT2D eigenvalue weighted by molar-refractivity contribution is 6.26. The molecule has 0 aromatic heterocycles. The summed E-state index contributed by atoms with van der Waals surface area (Å²) < 4.78 is 0. The number of rotatable bonds is 9. The third-order valence-corrected chi connectivity index (χ3v) is 4.54. The van der Waals surface area contributed by atoms with Gasteiger partial charge in [-0.25, -0.2) is 0 Å². The summed E-state index contributed by atoms with van der Waals surface area (Å²) in [4.78, 5) is 11.4. The van der Waals surface area contributed by atoms with Gasteiger partial charge in [0.25, 0.3) is 0 Å². The van der Waals surface area contributed by atoms with Crippen molar-refractivity contribution in [3.8, 4) is 0 Å². The van der Waals surface area contributed by atoms with Gasteiger partial charge in [-0.15, -0.1) is 0 Å². The molecular formula is C15H30BNO2. The van der Waals surface area contributed by atoms with Crippen LogP contribution >= 0.6 is 0 Å². The van der Waals surface area contributed by atoms with Gasteiger partial charge in [-0.1, -0.05) is 39.0 Å². The van der Waals surface area contributed by atoms with Crippen LogP contribution in [0.15, 0.2) is 0 Å². The molecule has 0 aromatic rings. The van der Waals surface area contributed by atoms with Crippen molar-refractivity contribution in [1.82, 2.24) is 5.32 Å². The van der Waals surface area contributed by atoms with E-state index in [1.54, 1.807) is 0 Å². The number of carboxylic acid groups (broad SMARTS) is 1. The van der Waals surface area contributed by atoms with Crippen molar-refractivity contribution in [3.05, 3.63) is 0 Å². The molecular weight excluding hydrogens is 237 g/mol. The van der Waals surface area contributed by atoms with E-state index in [0.717, 1.165) is 38.6 Å². The summed E-state index contributed by atoms with van der Waals surface area (Å²) in [5, 5.41) is 12.5. The summed E-state index contributed by atoms with van der Waals surface area (Å²) in [7, 11) is 1.91. The maximum Gasteiger partial charge on any atom is 0.301 e. The Hall–Kier alpha value is -0.505. The number of carboxylic acids is 1. The van der Waals surface area contributed by atoms with Crippen LogP contribution in [0.4, 0.5) is 0 Å². The molecule has 0 aliphatic heterocycles. The highest BCUT2D eigenvalue weighted by Crippen LogP contribution is 2.34. The summed E-state index contributed by atoms with van der Waals surface area (Å²) in [5.74, 6) is -0.626. The fraction of sp³-hybridized carbons (Fsp3) is 0.933. The van der Waals surface area contributed by atoms with E-state index in [0.29, 0.717) is 6.04 Å². The van der Waals surface area contributed by atoms with Gasteiger partial charge in [0.15, 0.2) is 0 Å². The third-order valence-electron chi connectivity index (χ3n) is 4.54. The van der Waals surface area contributed by atoms with Crippen molar-refractivity contribution in [1.29, 1.82) is 0 Å². The van der Waals surface area contributed by atoms with Crippen molar-refractivity contribution < 1.29 is 9.90 Å². The zero-order valence-corrected chi connectivity index (χ0v) is 12.7. The minimum atomic E-state index is -0.626. The van der Waals surface area contributed by atoms with E-state index in [9.17, 15) is 9.90 Å². The van der Waals surface area contributed by atoms with Gasteiger partial charge >= 0.3 is 5.97 Å². The van der Waals surface area contributed by atoms with Crippen molar-refractivity contribution >= 4 is 13.8 Å². The fourth-order valence-electron chi connectivity index (χ4n) is 3.00. The first-order valence-electron chi connectivity index (χ1n) is 8.05. The van der Waals surface area contributed by atoms with E-state index in [1.165, 1.54) is 32.1 Å². The Morgan fingerprint density at radius 2 is 1.89 bits per heavy atom. The molecule has 0 spiro atoms. The Morgan fingerprint density at radius 3 is 2.47 bits per heavy atom. The van der Waals surface area contributed by atoms with Crippen LogP contribution in [0.3, 0.4) is 0 Å². The molecule has 0 bridgehead atoms. The lowest BCUT2D eigenvalue weighted by molar-refractivity contribution is -0.141. The lowest BCUT2D eigenvalue weighted by Crippen LogP contribution is -2.33. The normalized spacial score (nSPS) is 20.1. The van der Waals surface area contributed by atoms with Gasteiger partial charge in [0.05, 0.1) is 0 Å². The minimum absolute atomic E-state index is 0.524. The molecule has 0 aromatic carbocycles. The molecule has 1 rings (SSSR count). The molecule has 0 heterocycles. The zero-order valence-electron chi connectivity index (χ0n) is 12.7. The quantitative estimate of drug-likeness (QED) is 0.499. The van der Waals surface area contributed by atoms with Gasteiger partial charge in [0, 0.05) is 11.4 Å². The minimum Gasteiger partial charge on any atom is -0.481 e. The first-order valence-corrected chi connectivity index (χ1v) is 8.05. The Kier molecular flexibility index (Phi) is 7.51. The molecule has 1 aliphatic rings. The fourth-order valence-corrected chi connectivity index (χ4v) is 3.00. The summed E-state index contributed by atoms with van der Waals surface area (Å²) in [6.45, 7) is 3.09. The molecule has 0 radical (unpaired) electrons. The lowest BCUT2D eigenvalue weighted by atomic mass is 9.63. The van der Waals surface area contributed by atoms with Crippen LogP contribution in [0.25, 0.3) is 0 Å². The first-order chi connectivity index (χ1) is 9.08. The van der Waals surface area contributed by atoms with Gasteiger partial charge in [-0.05, 0) is 38.6 Å². The Balaban J connectivity index is 2.22. The Morgan fingerprint density at radius 1 is 1.26 bits per heavy atom. The average molecular weight is 267 g/mol. The van der Waals surface area contributed by atoms with Crippen LogP contribution in [0, 0.1) is 0 Å². The molecule has 19 heavy (non-hydrogen) atoms. The molecule has 1 fully saturated rings. The van der Waals surface area contributed by atoms with Crippen molar-refractivity contribution in [2.45, 2.75) is 82.5 Å². The first kappa shape index (κ1) is 16.5. The van der Waals surface area contributed by atoms with Gasteiger partial charge in [0.1, 0.15) is 7.85 Å². The number of hydrogen-bond acceptors (Lipinski definition) is 2. The summed E-state index contributed by atoms with van der Waals surface area (Å²) in [6.07, 6.45) is 11.3. The largest absolute Gasteiger partial charge is 0.481 e. The number of hydrogen-bond donors (Lipinski definition) is 2. The summed E-state index contributed by atoms with van der Waals surface area (Å²) >= 11 is 0. The van der Waals surface area contributed by atoms with E-state index in [2.05, 4.69) is 12.2 Å². The van der Waals surface area contributed by atoms with Crippen molar-refractivity contribution in [2.75, 3.05) is 6.54 Å². The van der Waals surface area contributed by atoms with Crippen LogP contribution in [-0.4, -0.2) is 31.5 Å². The van der Waals surface area contributed by atoms with Gasteiger partial charge in [0.2, 0.25) is 0 Å². The predicted molar refractivity (Wildman–Crippen MR) is 82.5 cm³/mol. The van der Waals surface area contributed by atoms with Crippen molar-refractivity contribution in [3.63, 3.8) is 0 Å². The molecule has 4 heteroatoms. The monoisotopic (exact) mass is 267 g/mol. The maximum atomic E-state index is 11.4. The Labute approximate surface area is 119 Å². The molecule has 1 atom stereocenters. The molecule has 1 aliphatic carbocycles. The smallest absolute Gasteiger partial charge is 0.301 e. The standard InChI is InChI=1S/C15H30BNO2/c1-2-3-10-15(16,14(18)19)11-7-12-17-13-8-5-4-6-9-13/h13,17H,2-12,16H2,1H3,(H,18,19). The van der Waals surface area contributed by atoms with Crippen LogP contribution in [0.1, 0.15) is 71.1 Å². The highest BCUT2D eigenvalue weighted by atomic mass is 16.4. The molecule has 0 amide bonds. The van der Waals surface area contributed by atoms with E-state index in [1.807, 2.05) is 7.85 Å². The lowest BCUT2D eigenvalue weighted by Gasteiger charge is -2.26. The van der Waals surface area contributed by atoms with E-state index in [-0.39, 0.29) is 0 Å². The zero-order chi connectivity index (χ0) is 14.1.